The number of Topliss-reactive ketones (excluding diaryl/α,β-unsaturated/α-hetero) is 1. The van der Waals surface area contributed by atoms with Crippen molar-refractivity contribution in [2.24, 2.45) is 0 Å². The van der Waals surface area contributed by atoms with E-state index in [1.165, 1.54) is 5.56 Å². The van der Waals surface area contributed by atoms with Crippen LogP contribution in [-0.4, -0.2) is 11.4 Å². The maximum atomic E-state index is 12.6. The maximum absolute atomic E-state index is 12.6. The Morgan fingerprint density at radius 3 is 2.52 bits per heavy atom. The Morgan fingerprint density at radius 2 is 1.78 bits per heavy atom. The summed E-state index contributed by atoms with van der Waals surface area (Å²) >= 11 is 3.43. The van der Waals surface area contributed by atoms with Crippen LogP contribution in [0.15, 0.2) is 53.0 Å². The quantitative estimate of drug-likeness (QED) is 0.661. The van der Waals surface area contributed by atoms with Gasteiger partial charge in [0, 0.05) is 4.47 Å². The largest absolute Gasteiger partial charge is 0.486 e. The average Bonchev–Trinajstić information content (AvgIpc) is 2.57. The van der Waals surface area contributed by atoms with Crippen molar-refractivity contribution in [3.8, 4) is 5.75 Å². The van der Waals surface area contributed by atoms with Crippen molar-refractivity contribution in [2.45, 2.75) is 43.6 Å². The van der Waals surface area contributed by atoms with Gasteiger partial charge in [-0.1, -0.05) is 46.3 Å². The smallest absolute Gasteiger partial charge is 0.170 e. The molecule has 2 aromatic carbocycles. The van der Waals surface area contributed by atoms with Crippen molar-refractivity contribution in [1.29, 1.82) is 0 Å². The summed E-state index contributed by atoms with van der Waals surface area (Å²) in [5.74, 6) is 1.56. The number of ketones is 1. The van der Waals surface area contributed by atoms with Crippen LogP contribution >= 0.6 is 15.9 Å². The summed E-state index contributed by atoms with van der Waals surface area (Å²) in [6, 6.07) is 16.4. The van der Waals surface area contributed by atoms with Crippen molar-refractivity contribution in [3.63, 3.8) is 0 Å². The number of carbonyl (C=O) groups is 1. The van der Waals surface area contributed by atoms with Crippen molar-refractivity contribution < 1.29 is 9.53 Å². The van der Waals surface area contributed by atoms with E-state index in [-0.39, 0.29) is 11.4 Å². The van der Waals surface area contributed by atoms with Gasteiger partial charge >= 0.3 is 0 Å². The molecule has 1 fully saturated rings. The van der Waals surface area contributed by atoms with E-state index in [0.717, 1.165) is 41.5 Å². The van der Waals surface area contributed by atoms with E-state index in [9.17, 15) is 4.79 Å². The summed E-state index contributed by atoms with van der Waals surface area (Å²) in [4.78, 5) is 12.6. The molecule has 4 rings (SSSR count). The molecule has 0 bridgehead atoms. The third-order valence-electron chi connectivity index (χ3n) is 5.22. The number of fused-ring (bicyclic) bond motifs is 1. The van der Waals surface area contributed by atoms with E-state index < -0.39 is 0 Å². The van der Waals surface area contributed by atoms with Gasteiger partial charge in [0.2, 0.25) is 0 Å². The lowest BCUT2D eigenvalue weighted by atomic mass is 9.72. The third-order valence-corrected chi connectivity index (χ3v) is 5.71. The van der Waals surface area contributed by atoms with Crippen LogP contribution in [0.2, 0.25) is 0 Å². The normalized spacial score (nSPS) is 26.7. The zero-order chi connectivity index (χ0) is 15.9. The topological polar surface area (TPSA) is 26.3 Å². The SMILES string of the molecule is O=C1CC2(CCC(c3ccccc3)CC2)Oc2ccc(Br)cc21. The number of benzene rings is 2. The molecule has 3 heteroatoms. The molecule has 23 heavy (non-hydrogen) atoms. The Hall–Kier alpha value is -1.61. The summed E-state index contributed by atoms with van der Waals surface area (Å²) in [6.07, 6.45) is 4.59. The lowest BCUT2D eigenvalue weighted by Gasteiger charge is -2.43. The second kappa shape index (κ2) is 5.79. The van der Waals surface area contributed by atoms with Gasteiger partial charge < -0.3 is 4.74 Å². The van der Waals surface area contributed by atoms with Crippen LogP contribution in [0, 0.1) is 0 Å². The second-order valence-electron chi connectivity index (χ2n) is 6.71. The van der Waals surface area contributed by atoms with Gasteiger partial charge in [-0.25, -0.2) is 0 Å². The van der Waals surface area contributed by atoms with Crippen molar-refractivity contribution >= 4 is 21.7 Å². The van der Waals surface area contributed by atoms with E-state index >= 15 is 0 Å². The number of rotatable bonds is 1. The summed E-state index contributed by atoms with van der Waals surface area (Å²) in [5.41, 5.74) is 1.84. The molecule has 0 amide bonds. The Balaban J connectivity index is 1.54. The number of ether oxygens (including phenoxy) is 1. The standard InChI is InChI=1S/C20H19BrO2/c21-16-6-7-19-17(12-16)18(22)13-20(23-19)10-8-15(9-11-20)14-4-2-1-3-5-14/h1-7,12,15H,8-11,13H2. The highest BCUT2D eigenvalue weighted by molar-refractivity contribution is 9.10. The van der Waals surface area contributed by atoms with Gasteiger partial charge in [0.1, 0.15) is 11.4 Å². The van der Waals surface area contributed by atoms with E-state index in [1.807, 2.05) is 18.2 Å². The Labute approximate surface area is 145 Å². The van der Waals surface area contributed by atoms with Gasteiger partial charge in [0.15, 0.2) is 5.78 Å². The highest BCUT2D eigenvalue weighted by Crippen LogP contribution is 2.46. The average molecular weight is 371 g/mol. The fraction of sp³-hybridized carbons (Fsp3) is 0.350. The van der Waals surface area contributed by atoms with Crippen LogP contribution in [0.3, 0.4) is 0 Å². The molecule has 1 aliphatic carbocycles. The van der Waals surface area contributed by atoms with Crippen LogP contribution < -0.4 is 4.74 Å². The van der Waals surface area contributed by atoms with Gasteiger partial charge in [0.05, 0.1) is 12.0 Å². The third kappa shape index (κ3) is 2.83. The summed E-state index contributed by atoms with van der Waals surface area (Å²) in [7, 11) is 0. The molecule has 0 unspecified atom stereocenters. The first-order valence-corrected chi connectivity index (χ1v) is 9.01. The fourth-order valence-corrected chi connectivity index (χ4v) is 4.31. The Kier molecular flexibility index (Phi) is 3.76. The molecule has 0 N–H and O–H groups in total. The van der Waals surface area contributed by atoms with Crippen molar-refractivity contribution in [3.05, 3.63) is 64.1 Å². The van der Waals surface area contributed by atoms with Gasteiger partial charge in [0.25, 0.3) is 0 Å². The molecule has 2 aliphatic rings. The Morgan fingerprint density at radius 1 is 1.04 bits per heavy atom. The lowest BCUT2D eigenvalue weighted by molar-refractivity contribution is 0.00940. The maximum Gasteiger partial charge on any atom is 0.170 e. The predicted molar refractivity (Wildman–Crippen MR) is 94.1 cm³/mol. The van der Waals surface area contributed by atoms with Gasteiger partial charge in [-0.15, -0.1) is 0 Å². The number of hydrogen-bond donors (Lipinski definition) is 0. The van der Waals surface area contributed by atoms with Gasteiger partial charge in [-0.3, -0.25) is 4.79 Å². The molecule has 0 aromatic heterocycles. The van der Waals surface area contributed by atoms with Crippen LogP contribution in [0.4, 0.5) is 0 Å². The fourth-order valence-electron chi connectivity index (χ4n) is 3.95. The molecule has 0 atom stereocenters. The van der Waals surface area contributed by atoms with Crippen molar-refractivity contribution in [1.82, 2.24) is 0 Å². The summed E-state index contributed by atoms with van der Waals surface area (Å²) in [5, 5.41) is 0. The highest BCUT2D eigenvalue weighted by atomic mass is 79.9. The molecular formula is C20H19BrO2. The molecule has 1 heterocycles. The molecule has 2 aromatic rings. The first-order chi connectivity index (χ1) is 11.2. The lowest BCUT2D eigenvalue weighted by Crippen LogP contribution is -2.44. The molecule has 0 radical (unpaired) electrons. The van der Waals surface area contributed by atoms with Gasteiger partial charge in [-0.2, -0.15) is 0 Å². The molecular weight excluding hydrogens is 352 g/mol. The first-order valence-electron chi connectivity index (χ1n) is 8.22. The van der Waals surface area contributed by atoms with Gasteiger partial charge in [-0.05, 0) is 55.4 Å². The van der Waals surface area contributed by atoms with Crippen LogP contribution in [0.1, 0.15) is 53.9 Å². The molecule has 1 spiro atoms. The zero-order valence-corrected chi connectivity index (χ0v) is 14.5. The number of carbonyl (C=O) groups excluding carboxylic acids is 1. The monoisotopic (exact) mass is 370 g/mol. The van der Waals surface area contributed by atoms with E-state index in [0.29, 0.717) is 12.3 Å². The molecule has 2 nitrogen and oxygen atoms in total. The minimum Gasteiger partial charge on any atom is -0.486 e. The number of halogens is 1. The van der Waals surface area contributed by atoms with Crippen molar-refractivity contribution in [2.75, 3.05) is 0 Å². The Bertz CT molecular complexity index is 731. The zero-order valence-electron chi connectivity index (χ0n) is 12.9. The number of hydrogen-bond acceptors (Lipinski definition) is 2. The minimum absolute atomic E-state index is 0.214. The molecule has 0 saturated heterocycles. The van der Waals surface area contributed by atoms with Crippen LogP contribution in [-0.2, 0) is 0 Å². The van der Waals surface area contributed by atoms with E-state index in [1.54, 1.807) is 0 Å². The second-order valence-corrected chi connectivity index (χ2v) is 7.63. The van der Waals surface area contributed by atoms with E-state index in [4.69, 9.17) is 4.74 Å². The summed E-state index contributed by atoms with van der Waals surface area (Å²) in [6.45, 7) is 0. The highest BCUT2D eigenvalue weighted by Gasteiger charge is 2.43. The van der Waals surface area contributed by atoms with Crippen LogP contribution in [0.5, 0.6) is 5.75 Å². The van der Waals surface area contributed by atoms with Crippen LogP contribution in [0.25, 0.3) is 0 Å². The predicted octanol–water partition coefficient (Wildman–Crippen LogP) is 5.51. The summed E-state index contributed by atoms with van der Waals surface area (Å²) < 4.78 is 7.26. The van der Waals surface area contributed by atoms with E-state index in [2.05, 4.69) is 46.3 Å². The first kappa shape index (κ1) is 14.9. The molecule has 1 saturated carbocycles. The molecule has 118 valence electrons. The molecule has 1 aliphatic heterocycles. The minimum atomic E-state index is -0.288.